The molecule has 0 unspecified atom stereocenters. The lowest BCUT2D eigenvalue weighted by Gasteiger charge is -2.15. The van der Waals surface area contributed by atoms with Crippen LogP contribution in [0.5, 0.6) is 5.88 Å². The molecule has 2 aromatic rings. The summed E-state index contributed by atoms with van der Waals surface area (Å²) in [6, 6.07) is 3.48. The van der Waals surface area contributed by atoms with Gasteiger partial charge in [-0.15, -0.1) is 11.3 Å². The molecule has 0 bridgehead atoms. The summed E-state index contributed by atoms with van der Waals surface area (Å²) in [6.45, 7) is 0.368. The second-order valence-corrected chi connectivity index (χ2v) is 6.03. The van der Waals surface area contributed by atoms with Gasteiger partial charge in [0.05, 0.1) is 0 Å². The maximum absolute atomic E-state index is 11.8. The third-order valence-corrected chi connectivity index (χ3v) is 4.21. The van der Waals surface area contributed by atoms with Gasteiger partial charge < -0.3 is 10.1 Å². The zero-order valence-corrected chi connectivity index (χ0v) is 12.9. The number of thiazole rings is 1. The zero-order chi connectivity index (χ0) is 15.2. The number of hydrogen-bond donors (Lipinski definition) is 2. The summed E-state index contributed by atoms with van der Waals surface area (Å²) < 4.78 is 5.95. The van der Waals surface area contributed by atoms with Gasteiger partial charge in [0.2, 0.25) is 5.88 Å². The Labute approximate surface area is 132 Å². The first-order chi connectivity index (χ1) is 10.8. The van der Waals surface area contributed by atoms with E-state index in [4.69, 9.17) is 4.74 Å². The van der Waals surface area contributed by atoms with Crippen molar-refractivity contribution < 1.29 is 9.53 Å². The van der Waals surface area contributed by atoms with Crippen molar-refractivity contribution in [1.29, 1.82) is 0 Å². The lowest BCUT2D eigenvalue weighted by Crippen LogP contribution is -2.28. The summed E-state index contributed by atoms with van der Waals surface area (Å²) in [5, 5.41) is 7.86. The average Bonchev–Trinajstić information content (AvgIpc) is 3.20. The van der Waals surface area contributed by atoms with Crippen molar-refractivity contribution in [3.05, 3.63) is 35.5 Å². The summed E-state index contributed by atoms with van der Waals surface area (Å²) in [5.41, 5.74) is 0.878. The predicted molar refractivity (Wildman–Crippen MR) is 85.1 cm³/mol. The van der Waals surface area contributed by atoms with Gasteiger partial charge in [-0.05, 0) is 31.7 Å². The predicted octanol–water partition coefficient (Wildman–Crippen LogP) is 3.18. The minimum absolute atomic E-state index is 0.248. The molecule has 0 saturated heterocycles. The van der Waals surface area contributed by atoms with E-state index in [1.165, 1.54) is 24.2 Å². The number of anilines is 1. The molecule has 0 aromatic carbocycles. The van der Waals surface area contributed by atoms with Crippen LogP contribution in [-0.4, -0.2) is 22.1 Å². The van der Waals surface area contributed by atoms with E-state index in [-0.39, 0.29) is 12.1 Å². The summed E-state index contributed by atoms with van der Waals surface area (Å²) in [6.07, 6.45) is 8.18. The number of rotatable bonds is 5. The van der Waals surface area contributed by atoms with Crippen molar-refractivity contribution in [2.24, 2.45) is 0 Å². The van der Waals surface area contributed by atoms with Crippen molar-refractivity contribution >= 4 is 22.5 Å². The van der Waals surface area contributed by atoms with Crippen molar-refractivity contribution in [3.8, 4) is 5.88 Å². The normalized spacial score (nSPS) is 14.7. The Balaban J connectivity index is 1.56. The molecule has 0 spiro atoms. The molecule has 7 heteroatoms. The molecule has 2 heterocycles. The Morgan fingerprint density at radius 2 is 2.18 bits per heavy atom. The molecule has 0 atom stereocenters. The van der Waals surface area contributed by atoms with Crippen LogP contribution in [0.15, 0.2) is 29.9 Å². The van der Waals surface area contributed by atoms with Crippen LogP contribution in [0.4, 0.5) is 9.93 Å². The summed E-state index contributed by atoms with van der Waals surface area (Å²) >= 11 is 1.38. The first kappa shape index (κ1) is 14.8. The molecule has 2 aromatic heterocycles. The highest BCUT2D eigenvalue weighted by Gasteiger charge is 2.18. The van der Waals surface area contributed by atoms with E-state index in [1.807, 2.05) is 17.5 Å². The number of carbonyl (C=O) groups is 1. The molecule has 0 radical (unpaired) electrons. The molecule has 1 fully saturated rings. The van der Waals surface area contributed by atoms with Crippen LogP contribution < -0.4 is 15.4 Å². The van der Waals surface area contributed by atoms with Crippen LogP contribution in [-0.2, 0) is 6.54 Å². The number of aromatic nitrogens is 2. The lowest BCUT2D eigenvalue weighted by atomic mass is 10.2. The smallest absolute Gasteiger partial charge is 0.321 e. The summed E-state index contributed by atoms with van der Waals surface area (Å²) in [7, 11) is 0. The number of pyridine rings is 1. The number of nitrogens with one attached hydrogen (secondary N) is 2. The van der Waals surface area contributed by atoms with Gasteiger partial charge >= 0.3 is 6.03 Å². The fraction of sp³-hybridized carbons (Fsp3) is 0.400. The molecule has 3 rings (SSSR count). The van der Waals surface area contributed by atoms with E-state index in [9.17, 15) is 4.79 Å². The molecule has 2 amide bonds. The highest BCUT2D eigenvalue weighted by atomic mass is 32.1. The summed E-state index contributed by atoms with van der Waals surface area (Å²) in [5.74, 6) is 0.615. The average molecular weight is 318 g/mol. The van der Waals surface area contributed by atoms with Gasteiger partial charge in [0.15, 0.2) is 5.13 Å². The van der Waals surface area contributed by atoms with E-state index in [0.29, 0.717) is 17.6 Å². The van der Waals surface area contributed by atoms with Gasteiger partial charge in [-0.3, -0.25) is 5.32 Å². The highest BCUT2D eigenvalue weighted by molar-refractivity contribution is 7.13. The van der Waals surface area contributed by atoms with Gasteiger partial charge in [0, 0.05) is 29.9 Å². The quantitative estimate of drug-likeness (QED) is 0.887. The molecule has 0 aliphatic heterocycles. The molecular weight excluding hydrogens is 300 g/mol. The molecule has 1 saturated carbocycles. The molecular formula is C15H18N4O2S. The van der Waals surface area contributed by atoms with Crippen molar-refractivity contribution in [2.45, 2.75) is 38.3 Å². The lowest BCUT2D eigenvalue weighted by molar-refractivity contribution is 0.199. The summed E-state index contributed by atoms with van der Waals surface area (Å²) in [4.78, 5) is 20.1. The van der Waals surface area contributed by atoms with Crippen molar-refractivity contribution in [3.63, 3.8) is 0 Å². The SMILES string of the molecule is O=C(NCc1cccnc1OC1CCCC1)Nc1nccs1. The van der Waals surface area contributed by atoms with Crippen LogP contribution in [0, 0.1) is 0 Å². The van der Waals surface area contributed by atoms with Crippen LogP contribution in [0.2, 0.25) is 0 Å². The third-order valence-electron chi connectivity index (χ3n) is 3.52. The van der Waals surface area contributed by atoms with Gasteiger partial charge in [-0.2, -0.15) is 0 Å². The standard InChI is InChI=1S/C15H18N4O2S/c20-14(19-15-17-8-9-22-15)18-10-11-4-3-7-16-13(11)21-12-5-1-2-6-12/h3-4,7-9,12H,1-2,5-6,10H2,(H2,17,18,19,20). The van der Waals surface area contributed by atoms with Crippen molar-refractivity contribution in [1.82, 2.24) is 15.3 Å². The van der Waals surface area contributed by atoms with E-state index in [0.717, 1.165) is 18.4 Å². The van der Waals surface area contributed by atoms with Crippen LogP contribution in [0.1, 0.15) is 31.2 Å². The number of hydrogen-bond acceptors (Lipinski definition) is 5. The third kappa shape index (κ3) is 3.94. The van der Waals surface area contributed by atoms with Crippen LogP contribution in [0.3, 0.4) is 0 Å². The number of amides is 2. The number of carbonyl (C=O) groups excluding carboxylic acids is 1. The van der Waals surface area contributed by atoms with Crippen molar-refractivity contribution in [2.75, 3.05) is 5.32 Å². The number of nitrogens with zero attached hydrogens (tertiary/aromatic N) is 2. The monoisotopic (exact) mass is 318 g/mol. The number of ether oxygens (including phenoxy) is 1. The second kappa shape index (κ2) is 7.22. The molecule has 2 N–H and O–H groups in total. The maximum atomic E-state index is 11.8. The Hall–Kier alpha value is -2.15. The largest absolute Gasteiger partial charge is 0.474 e. The molecule has 116 valence electrons. The fourth-order valence-corrected chi connectivity index (χ4v) is 2.95. The van der Waals surface area contributed by atoms with Gasteiger partial charge in [-0.25, -0.2) is 14.8 Å². The topological polar surface area (TPSA) is 76.1 Å². The van der Waals surface area contributed by atoms with Crippen LogP contribution >= 0.6 is 11.3 Å². The maximum Gasteiger partial charge on any atom is 0.321 e. The Morgan fingerprint density at radius 3 is 2.95 bits per heavy atom. The molecule has 1 aliphatic rings. The van der Waals surface area contributed by atoms with E-state index >= 15 is 0 Å². The Kier molecular flexibility index (Phi) is 4.85. The first-order valence-corrected chi connectivity index (χ1v) is 8.24. The van der Waals surface area contributed by atoms with E-state index < -0.39 is 0 Å². The Bertz CT molecular complexity index is 612. The molecule has 1 aliphatic carbocycles. The fourth-order valence-electron chi connectivity index (χ4n) is 2.43. The molecule has 6 nitrogen and oxygen atoms in total. The highest BCUT2D eigenvalue weighted by Crippen LogP contribution is 2.24. The second-order valence-electron chi connectivity index (χ2n) is 5.14. The zero-order valence-electron chi connectivity index (χ0n) is 12.1. The minimum Gasteiger partial charge on any atom is -0.474 e. The minimum atomic E-state index is -0.286. The van der Waals surface area contributed by atoms with Crippen LogP contribution in [0.25, 0.3) is 0 Å². The number of urea groups is 1. The molecule has 22 heavy (non-hydrogen) atoms. The first-order valence-electron chi connectivity index (χ1n) is 7.36. The Morgan fingerprint density at radius 1 is 1.32 bits per heavy atom. The van der Waals surface area contributed by atoms with Gasteiger partial charge in [0.1, 0.15) is 6.10 Å². The van der Waals surface area contributed by atoms with Gasteiger partial charge in [-0.1, -0.05) is 6.07 Å². The van der Waals surface area contributed by atoms with E-state index in [1.54, 1.807) is 12.4 Å². The van der Waals surface area contributed by atoms with Gasteiger partial charge in [0.25, 0.3) is 0 Å². The van der Waals surface area contributed by atoms with E-state index in [2.05, 4.69) is 20.6 Å².